The van der Waals surface area contributed by atoms with Gasteiger partial charge in [0.1, 0.15) is 0 Å². The van der Waals surface area contributed by atoms with Gasteiger partial charge in [0.2, 0.25) is 0 Å². The summed E-state index contributed by atoms with van der Waals surface area (Å²) in [7, 11) is 0. The number of esters is 1. The van der Waals surface area contributed by atoms with Gasteiger partial charge < -0.3 is 14.5 Å². The van der Waals surface area contributed by atoms with Gasteiger partial charge in [0, 0.05) is 47.9 Å². The summed E-state index contributed by atoms with van der Waals surface area (Å²) in [4.78, 5) is 29.3. The van der Waals surface area contributed by atoms with Crippen molar-refractivity contribution < 1.29 is 14.3 Å². The fourth-order valence-corrected chi connectivity index (χ4v) is 3.63. The smallest absolute Gasteiger partial charge is 0.331 e. The molecule has 0 aliphatic carbocycles. The highest BCUT2D eigenvalue weighted by Crippen LogP contribution is 2.21. The third-order valence-corrected chi connectivity index (χ3v) is 5.65. The topological polar surface area (TPSA) is 49.9 Å². The molecule has 1 heterocycles. The molecule has 0 aromatic heterocycles. The zero-order valence-electron chi connectivity index (χ0n) is 16.2. The summed E-state index contributed by atoms with van der Waals surface area (Å²) in [5.41, 5.74) is 1.95. The molecule has 1 aliphatic rings. The number of carbonyl (C=O) groups excluding carboxylic acids is 2. The monoisotopic (exact) mass is 430 g/mol. The van der Waals surface area contributed by atoms with Gasteiger partial charge in [0.15, 0.2) is 6.61 Å². The Balaban J connectivity index is 1.42. The van der Waals surface area contributed by atoms with Crippen molar-refractivity contribution in [2.24, 2.45) is 0 Å². The number of benzene rings is 2. The Morgan fingerprint density at radius 2 is 1.83 bits per heavy atom. The molecule has 29 heavy (non-hydrogen) atoms. The average Bonchev–Trinajstić information content (AvgIpc) is 2.76. The van der Waals surface area contributed by atoms with E-state index < -0.39 is 5.97 Å². The van der Waals surface area contributed by atoms with Crippen molar-refractivity contribution in [1.29, 1.82) is 0 Å². The molecule has 1 saturated heterocycles. The van der Waals surface area contributed by atoms with E-state index in [1.165, 1.54) is 6.08 Å². The molecule has 0 bridgehead atoms. The summed E-state index contributed by atoms with van der Waals surface area (Å²) in [6.45, 7) is 2.35. The highest BCUT2D eigenvalue weighted by Gasteiger charge is 2.22. The molecule has 0 spiro atoms. The molecular weight excluding hydrogens is 408 g/mol. The zero-order chi connectivity index (χ0) is 20.6. The maximum Gasteiger partial charge on any atom is 0.331 e. The molecule has 1 fully saturated rings. The Morgan fingerprint density at radius 1 is 1.10 bits per heavy atom. The van der Waals surface area contributed by atoms with Gasteiger partial charge >= 0.3 is 5.97 Å². The lowest BCUT2D eigenvalue weighted by molar-refractivity contribution is -0.148. The lowest BCUT2D eigenvalue weighted by Crippen LogP contribution is -2.49. The number of piperazine rings is 1. The summed E-state index contributed by atoms with van der Waals surface area (Å²) in [6, 6.07) is 15.5. The van der Waals surface area contributed by atoms with Crippen LogP contribution in [0.5, 0.6) is 0 Å². The molecule has 0 unspecified atom stereocenters. The number of halogens is 1. The van der Waals surface area contributed by atoms with Gasteiger partial charge in [-0.1, -0.05) is 29.8 Å². The van der Waals surface area contributed by atoms with Gasteiger partial charge in [0.05, 0.1) is 0 Å². The van der Waals surface area contributed by atoms with E-state index in [4.69, 9.17) is 16.3 Å². The number of amides is 1. The van der Waals surface area contributed by atoms with Crippen LogP contribution in [0.1, 0.15) is 5.56 Å². The molecular formula is C22H23ClN2O3S. The summed E-state index contributed by atoms with van der Waals surface area (Å²) >= 11 is 7.71. The summed E-state index contributed by atoms with van der Waals surface area (Å²) in [5, 5.41) is 0.696. The van der Waals surface area contributed by atoms with Crippen LogP contribution in [0.25, 0.3) is 6.08 Å². The third-order valence-electron chi connectivity index (χ3n) is 4.67. The first kappa shape index (κ1) is 21.3. The van der Waals surface area contributed by atoms with Crippen molar-refractivity contribution in [1.82, 2.24) is 4.90 Å². The molecule has 0 N–H and O–H groups in total. The van der Waals surface area contributed by atoms with E-state index >= 15 is 0 Å². The molecule has 1 amide bonds. The molecule has 0 saturated carbocycles. The minimum atomic E-state index is -0.523. The van der Waals surface area contributed by atoms with Crippen molar-refractivity contribution in [3.63, 3.8) is 0 Å². The Labute approximate surface area is 180 Å². The second-order valence-corrected chi connectivity index (χ2v) is 7.88. The van der Waals surface area contributed by atoms with Crippen molar-refractivity contribution >= 4 is 47.0 Å². The molecule has 3 rings (SSSR count). The number of hydrogen-bond donors (Lipinski definition) is 0. The Bertz CT molecular complexity index is 878. The molecule has 2 aromatic carbocycles. The van der Waals surface area contributed by atoms with E-state index in [0.29, 0.717) is 31.2 Å². The van der Waals surface area contributed by atoms with Gasteiger partial charge in [-0.25, -0.2) is 4.79 Å². The van der Waals surface area contributed by atoms with E-state index in [-0.39, 0.29) is 12.5 Å². The van der Waals surface area contributed by atoms with Crippen LogP contribution in [0.3, 0.4) is 0 Å². The van der Waals surface area contributed by atoms with Gasteiger partial charge in [-0.2, -0.15) is 0 Å². The highest BCUT2D eigenvalue weighted by molar-refractivity contribution is 7.98. The fourth-order valence-electron chi connectivity index (χ4n) is 3.04. The summed E-state index contributed by atoms with van der Waals surface area (Å²) < 4.78 is 5.10. The predicted molar refractivity (Wildman–Crippen MR) is 118 cm³/mol. The number of rotatable bonds is 6. The van der Waals surface area contributed by atoms with E-state index in [9.17, 15) is 9.59 Å². The average molecular weight is 431 g/mol. The van der Waals surface area contributed by atoms with Crippen LogP contribution in [-0.4, -0.2) is 55.8 Å². The summed E-state index contributed by atoms with van der Waals surface area (Å²) in [6.07, 6.45) is 5.04. The SMILES string of the molecule is CSc1ccc(/C=C/C(=O)OCC(=O)N2CCN(c3cccc(Cl)c3)CC2)cc1. The molecule has 0 atom stereocenters. The molecule has 152 valence electrons. The maximum absolute atomic E-state index is 12.3. The van der Waals surface area contributed by atoms with Crippen molar-refractivity contribution in [3.8, 4) is 0 Å². The van der Waals surface area contributed by atoms with Gasteiger partial charge in [0.25, 0.3) is 5.91 Å². The summed E-state index contributed by atoms with van der Waals surface area (Å²) in [5.74, 6) is -0.702. The van der Waals surface area contributed by atoms with Crippen molar-refractivity contribution in [2.75, 3.05) is 43.9 Å². The minimum Gasteiger partial charge on any atom is -0.452 e. The number of nitrogens with zero attached hydrogens (tertiary/aromatic N) is 2. The van der Waals surface area contributed by atoms with Crippen LogP contribution in [0, 0.1) is 0 Å². The number of carbonyl (C=O) groups is 2. The van der Waals surface area contributed by atoms with Crippen LogP contribution in [-0.2, 0) is 14.3 Å². The molecule has 7 heteroatoms. The quantitative estimate of drug-likeness (QED) is 0.394. The van der Waals surface area contributed by atoms with Crippen molar-refractivity contribution in [3.05, 3.63) is 65.2 Å². The van der Waals surface area contributed by atoms with Crippen LogP contribution < -0.4 is 4.90 Å². The van der Waals surface area contributed by atoms with E-state index in [1.54, 1.807) is 22.7 Å². The van der Waals surface area contributed by atoms with Crippen LogP contribution in [0.15, 0.2) is 59.5 Å². The first-order chi connectivity index (χ1) is 14.0. The largest absolute Gasteiger partial charge is 0.452 e. The van der Waals surface area contributed by atoms with Crippen LogP contribution in [0.2, 0.25) is 5.02 Å². The number of thioether (sulfide) groups is 1. The lowest BCUT2D eigenvalue weighted by Gasteiger charge is -2.36. The standard InChI is InChI=1S/C22H23ClN2O3S/c1-29-20-8-5-17(6-9-20)7-10-22(27)28-16-21(26)25-13-11-24(12-14-25)19-4-2-3-18(23)15-19/h2-10,15H,11-14,16H2,1H3/b10-7+. The number of hydrogen-bond acceptors (Lipinski definition) is 5. The maximum atomic E-state index is 12.3. The predicted octanol–water partition coefficient (Wildman–Crippen LogP) is 3.97. The third kappa shape index (κ3) is 6.27. The fraction of sp³-hybridized carbons (Fsp3) is 0.273. The molecule has 2 aromatic rings. The highest BCUT2D eigenvalue weighted by atomic mass is 35.5. The second kappa shape index (κ2) is 10.4. The first-order valence-corrected chi connectivity index (χ1v) is 10.9. The number of ether oxygens (including phenoxy) is 1. The van der Waals surface area contributed by atoms with Gasteiger partial charge in [-0.3, -0.25) is 4.79 Å². The Kier molecular flexibility index (Phi) is 7.61. The Hall–Kier alpha value is -2.44. The van der Waals surface area contributed by atoms with E-state index in [2.05, 4.69) is 4.90 Å². The van der Waals surface area contributed by atoms with Crippen LogP contribution >= 0.6 is 23.4 Å². The van der Waals surface area contributed by atoms with Gasteiger partial charge in [-0.15, -0.1) is 11.8 Å². The molecule has 5 nitrogen and oxygen atoms in total. The molecule has 1 aliphatic heterocycles. The Morgan fingerprint density at radius 3 is 2.48 bits per heavy atom. The van der Waals surface area contributed by atoms with Crippen LogP contribution in [0.4, 0.5) is 5.69 Å². The zero-order valence-corrected chi connectivity index (χ0v) is 17.8. The minimum absolute atomic E-state index is 0.179. The number of anilines is 1. The van der Waals surface area contributed by atoms with Crippen molar-refractivity contribution in [2.45, 2.75) is 4.90 Å². The normalized spacial score (nSPS) is 14.3. The van der Waals surface area contributed by atoms with Gasteiger partial charge in [-0.05, 0) is 48.2 Å². The van der Waals surface area contributed by atoms with E-state index in [1.807, 2.05) is 54.8 Å². The second-order valence-electron chi connectivity index (χ2n) is 6.56. The van der Waals surface area contributed by atoms with E-state index in [0.717, 1.165) is 16.1 Å². The first-order valence-electron chi connectivity index (χ1n) is 9.32. The lowest BCUT2D eigenvalue weighted by atomic mass is 10.2. The molecule has 0 radical (unpaired) electrons.